The number of carbonyl (C=O) groups is 1. The maximum absolute atomic E-state index is 11.1. The highest BCUT2D eigenvalue weighted by atomic mass is 16.5. The summed E-state index contributed by atoms with van der Waals surface area (Å²) in [5, 5.41) is 0. The lowest BCUT2D eigenvalue weighted by atomic mass is 10.2. The Balaban J connectivity index is 1.35. The van der Waals surface area contributed by atoms with Crippen molar-refractivity contribution in [2.45, 2.75) is 0 Å². The lowest BCUT2D eigenvalue weighted by Gasteiger charge is -2.38. The zero-order chi connectivity index (χ0) is 21.8. The highest BCUT2D eigenvalue weighted by Crippen LogP contribution is 2.26. The number of ether oxygens (including phenoxy) is 1. The van der Waals surface area contributed by atoms with Crippen LogP contribution in [0, 0.1) is 0 Å². The number of anilines is 4. The second-order valence-corrected chi connectivity index (χ2v) is 8.42. The van der Waals surface area contributed by atoms with E-state index in [1.165, 1.54) is 5.69 Å². The maximum Gasteiger partial charge on any atom is 0.229 e. The van der Waals surface area contributed by atoms with Crippen molar-refractivity contribution in [2.24, 2.45) is 0 Å². The minimum Gasteiger partial charge on any atom is -0.378 e. The van der Waals surface area contributed by atoms with Crippen LogP contribution < -0.4 is 19.6 Å². The minimum atomic E-state index is 0.725. The maximum atomic E-state index is 11.1. The molecule has 3 aliphatic rings. The van der Waals surface area contributed by atoms with E-state index in [2.05, 4.69) is 56.0 Å². The number of hydrogen-bond acceptors (Lipinski definition) is 8. The Morgan fingerprint density at radius 1 is 0.688 bits per heavy atom. The zero-order valence-corrected chi connectivity index (χ0v) is 18.5. The van der Waals surface area contributed by atoms with Gasteiger partial charge >= 0.3 is 0 Å². The van der Waals surface area contributed by atoms with Gasteiger partial charge < -0.3 is 29.2 Å². The van der Waals surface area contributed by atoms with Gasteiger partial charge in [0.25, 0.3) is 0 Å². The number of para-hydroxylation sites is 1. The number of carbonyl (C=O) groups excluding carboxylic acids is 1. The molecule has 1 amide bonds. The van der Waals surface area contributed by atoms with Crippen LogP contribution in [0.5, 0.6) is 0 Å². The first-order valence-electron chi connectivity index (χ1n) is 11.5. The molecule has 0 unspecified atom stereocenters. The SMILES string of the molecule is O=CN1CCN(c2cc(N3CCOCC3)nc(N3CCN(c4ccccc4)CC3)n2)CC1. The summed E-state index contributed by atoms with van der Waals surface area (Å²) in [6.07, 6.45) is 0.939. The van der Waals surface area contributed by atoms with E-state index in [1.807, 2.05) is 4.90 Å². The minimum absolute atomic E-state index is 0.725. The van der Waals surface area contributed by atoms with Crippen LogP contribution in [0.3, 0.4) is 0 Å². The van der Waals surface area contributed by atoms with Gasteiger partial charge in [0.15, 0.2) is 0 Å². The summed E-state index contributed by atoms with van der Waals surface area (Å²) in [7, 11) is 0. The van der Waals surface area contributed by atoms with Gasteiger partial charge in [0, 0.05) is 77.2 Å². The molecule has 3 saturated heterocycles. The van der Waals surface area contributed by atoms with Gasteiger partial charge in [-0.3, -0.25) is 4.79 Å². The predicted molar refractivity (Wildman–Crippen MR) is 126 cm³/mol. The summed E-state index contributed by atoms with van der Waals surface area (Å²) >= 11 is 0. The molecule has 0 aliphatic carbocycles. The predicted octanol–water partition coefficient (Wildman–Crippen LogP) is 0.918. The molecule has 2 aromatic rings. The van der Waals surface area contributed by atoms with Crippen LogP contribution >= 0.6 is 0 Å². The molecule has 3 fully saturated rings. The van der Waals surface area contributed by atoms with Crippen LogP contribution in [0.25, 0.3) is 0 Å². The molecule has 5 rings (SSSR count). The number of amides is 1. The number of piperazine rings is 2. The fraction of sp³-hybridized carbons (Fsp3) is 0.522. The summed E-state index contributed by atoms with van der Waals surface area (Å²) in [5.74, 6) is 2.72. The third-order valence-corrected chi connectivity index (χ3v) is 6.49. The van der Waals surface area contributed by atoms with Gasteiger partial charge in [-0.1, -0.05) is 18.2 Å². The van der Waals surface area contributed by atoms with Crippen LogP contribution in [-0.4, -0.2) is 99.9 Å². The fourth-order valence-electron chi connectivity index (χ4n) is 4.53. The fourth-order valence-corrected chi connectivity index (χ4v) is 4.53. The van der Waals surface area contributed by atoms with Crippen LogP contribution in [0.2, 0.25) is 0 Å². The van der Waals surface area contributed by atoms with E-state index >= 15 is 0 Å². The summed E-state index contributed by atoms with van der Waals surface area (Å²) in [5.41, 5.74) is 1.27. The molecular weight excluding hydrogens is 406 g/mol. The summed E-state index contributed by atoms with van der Waals surface area (Å²) < 4.78 is 5.54. The monoisotopic (exact) mass is 437 g/mol. The Morgan fingerprint density at radius 2 is 1.25 bits per heavy atom. The average Bonchev–Trinajstić information content (AvgIpc) is 2.89. The van der Waals surface area contributed by atoms with Crippen molar-refractivity contribution in [3.63, 3.8) is 0 Å². The van der Waals surface area contributed by atoms with Crippen molar-refractivity contribution < 1.29 is 9.53 Å². The molecule has 0 atom stereocenters. The lowest BCUT2D eigenvalue weighted by molar-refractivity contribution is -0.118. The average molecular weight is 438 g/mol. The molecule has 32 heavy (non-hydrogen) atoms. The Labute approximate surface area is 189 Å². The number of aromatic nitrogens is 2. The topological polar surface area (TPSA) is 68.3 Å². The molecule has 0 spiro atoms. The molecule has 9 heteroatoms. The second kappa shape index (κ2) is 9.60. The van der Waals surface area contributed by atoms with Crippen molar-refractivity contribution in [3.8, 4) is 0 Å². The van der Waals surface area contributed by atoms with Crippen molar-refractivity contribution in [1.29, 1.82) is 0 Å². The van der Waals surface area contributed by atoms with Crippen molar-refractivity contribution in [3.05, 3.63) is 36.4 Å². The zero-order valence-electron chi connectivity index (χ0n) is 18.5. The van der Waals surface area contributed by atoms with Crippen molar-refractivity contribution in [2.75, 3.05) is 98.3 Å². The lowest BCUT2D eigenvalue weighted by Crippen LogP contribution is -2.48. The Hall–Kier alpha value is -3.07. The van der Waals surface area contributed by atoms with E-state index in [9.17, 15) is 4.79 Å². The van der Waals surface area contributed by atoms with Crippen LogP contribution in [0.1, 0.15) is 0 Å². The molecular formula is C23H31N7O2. The van der Waals surface area contributed by atoms with Gasteiger partial charge in [0.1, 0.15) is 11.6 Å². The normalized spacial score (nSPS) is 19.9. The largest absolute Gasteiger partial charge is 0.378 e. The highest BCUT2D eigenvalue weighted by molar-refractivity contribution is 5.57. The van der Waals surface area contributed by atoms with Gasteiger partial charge in [-0.2, -0.15) is 9.97 Å². The Morgan fingerprint density at radius 3 is 1.88 bits per heavy atom. The smallest absolute Gasteiger partial charge is 0.229 e. The van der Waals surface area contributed by atoms with Gasteiger partial charge in [-0.15, -0.1) is 0 Å². The third kappa shape index (κ3) is 4.57. The molecule has 1 aromatic heterocycles. The quantitative estimate of drug-likeness (QED) is 0.640. The van der Waals surface area contributed by atoms with Gasteiger partial charge in [-0.25, -0.2) is 0 Å². The molecule has 4 heterocycles. The molecule has 170 valence electrons. The first-order chi connectivity index (χ1) is 15.8. The van der Waals surface area contributed by atoms with E-state index in [-0.39, 0.29) is 0 Å². The van der Waals surface area contributed by atoms with Gasteiger partial charge in [0.2, 0.25) is 12.4 Å². The molecule has 0 N–H and O–H groups in total. The Bertz CT molecular complexity index is 890. The molecule has 0 radical (unpaired) electrons. The van der Waals surface area contributed by atoms with Crippen molar-refractivity contribution >= 4 is 29.7 Å². The number of benzene rings is 1. The van der Waals surface area contributed by atoms with E-state index < -0.39 is 0 Å². The van der Waals surface area contributed by atoms with E-state index in [0.717, 1.165) is 103 Å². The summed E-state index contributed by atoms with van der Waals surface area (Å²) in [4.78, 5) is 32.2. The molecule has 3 aliphatic heterocycles. The van der Waals surface area contributed by atoms with E-state index in [0.29, 0.717) is 0 Å². The van der Waals surface area contributed by atoms with E-state index in [1.54, 1.807) is 0 Å². The summed E-state index contributed by atoms with van der Waals surface area (Å²) in [6, 6.07) is 12.7. The Kier molecular flexibility index (Phi) is 6.24. The third-order valence-electron chi connectivity index (χ3n) is 6.49. The molecule has 1 aromatic carbocycles. The standard InChI is InChI=1S/C23H31N7O2/c31-19-26-6-8-28(9-7-26)21-18-22(29-14-16-32-17-15-29)25-23(24-21)30-12-10-27(11-13-30)20-4-2-1-3-5-20/h1-5,18-19H,6-17H2. The highest BCUT2D eigenvalue weighted by Gasteiger charge is 2.24. The molecule has 0 bridgehead atoms. The number of nitrogens with zero attached hydrogens (tertiary/aromatic N) is 7. The van der Waals surface area contributed by atoms with Crippen LogP contribution in [0.15, 0.2) is 36.4 Å². The number of rotatable bonds is 5. The second-order valence-electron chi connectivity index (χ2n) is 8.42. The van der Waals surface area contributed by atoms with Crippen LogP contribution in [0.4, 0.5) is 23.3 Å². The van der Waals surface area contributed by atoms with Crippen molar-refractivity contribution in [1.82, 2.24) is 14.9 Å². The van der Waals surface area contributed by atoms with Crippen LogP contribution in [-0.2, 0) is 9.53 Å². The summed E-state index contributed by atoms with van der Waals surface area (Å²) in [6.45, 7) is 9.85. The first-order valence-corrected chi connectivity index (χ1v) is 11.5. The van der Waals surface area contributed by atoms with E-state index in [4.69, 9.17) is 14.7 Å². The first kappa shape index (κ1) is 20.8. The van der Waals surface area contributed by atoms with Gasteiger partial charge in [0.05, 0.1) is 13.2 Å². The number of morpholine rings is 1. The number of hydrogen-bond donors (Lipinski definition) is 0. The molecule has 0 saturated carbocycles. The van der Waals surface area contributed by atoms with Gasteiger partial charge in [-0.05, 0) is 12.1 Å². The molecule has 9 nitrogen and oxygen atoms in total.